The van der Waals surface area contributed by atoms with Crippen molar-refractivity contribution >= 4 is 28.5 Å². The minimum absolute atomic E-state index is 0.0704. The average molecular weight is 415 g/mol. The van der Waals surface area contributed by atoms with Crippen molar-refractivity contribution in [2.24, 2.45) is 0 Å². The van der Waals surface area contributed by atoms with Gasteiger partial charge in [-0.15, -0.1) is 10.2 Å². The van der Waals surface area contributed by atoms with Gasteiger partial charge >= 0.3 is 5.97 Å². The molecule has 0 fully saturated rings. The van der Waals surface area contributed by atoms with Gasteiger partial charge in [0.2, 0.25) is 0 Å². The number of aryl methyl sites for hydroxylation is 1. The fourth-order valence-electron chi connectivity index (χ4n) is 3.11. The van der Waals surface area contributed by atoms with E-state index in [0.29, 0.717) is 34.3 Å². The lowest BCUT2D eigenvalue weighted by atomic mass is 10.1. The van der Waals surface area contributed by atoms with Gasteiger partial charge in [0.05, 0.1) is 20.4 Å². The first-order valence-electron chi connectivity index (χ1n) is 9.17. The van der Waals surface area contributed by atoms with Crippen molar-refractivity contribution in [2.75, 3.05) is 19.5 Å². The molecule has 31 heavy (non-hydrogen) atoms. The van der Waals surface area contributed by atoms with Crippen molar-refractivity contribution in [1.29, 1.82) is 5.26 Å². The molecule has 0 saturated heterocycles. The molecular weight excluding hydrogens is 398 g/mol. The first-order chi connectivity index (χ1) is 15.0. The van der Waals surface area contributed by atoms with Crippen LogP contribution in [-0.4, -0.2) is 45.2 Å². The second-order valence-electron chi connectivity index (χ2n) is 6.50. The summed E-state index contributed by atoms with van der Waals surface area (Å²) in [6, 6.07) is 12.7. The summed E-state index contributed by atoms with van der Waals surface area (Å²) >= 11 is 0. The Morgan fingerprint density at radius 1 is 1.19 bits per heavy atom. The molecule has 154 valence electrons. The number of aromatic nitrogens is 5. The highest BCUT2D eigenvalue weighted by Crippen LogP contribution is 2.29. The zero-order chi connectivity index (χ0) is 22.0. The van der Waals surface area contributed by atoms with Gasteiger partial charge in [-0.1, -0.05) is 12.1 Å². The summed E-state index contributed by atoms with van der Waals surface area (Å²) in [5.74, 6) is 1.22. The normalized spacial score (nSPS) is 10.5. The van der Waals surface area contributed by atoms with Gasteiger partial charge in [0.1, 0.15) is 22.9 Å². The Hall–Kier alpha value is -4.52. The summed E-state index contributed by atoms with van der Waals surface area (Å²) in [6.45, 7) is 1.96. The molecule has 0 radical (unpaired) electrons. The van der Waals surface area contributed by atoms with Crippen molar-refractivity contribution in [3.63, 3.8) is 0 Å². The number of methoxy groups -OCH3 is 2. The number of carbonyl (C=O) groups excluding carboxylic acids is 1. The van der Waals surface area contributed by atoms with Gasteiger partial charge in [-0.25, -0.2) is 9.78 Å². The maximum atomic E-state index is 11.6. The van der Waals surface area contributed by atoms with E-state index in [9.17, 15) is 10.1 Å². The predicted molar refractivity (Wildman–Crippen MR) is 112 cm³/mol. The average Bonchev–Trinajstić information content (AvgIpc) is 3.21. The molecule has 0 atom stereocenters. The van der Waals surface area contributed by atoms with E-state index in [1.807, 2.05) is 31.2 Å². The summed E-state index contributed by atoms with van der Waals surface area (Å²) in [7, 11) is 2.85. The third-order valence-corrected chi connectivity index (χ3v) is 4.63. The zero-order valence-electron chi connectivity index (χ0n) is 16.9. The van der Waals surface area contributed by atoms with Crippen LogP contribution in [0.5, 0.6) is 5.75 Å². The minimum Gasteiger partial charge on any atom is -0.494 e. The lowest BCUT2D eigenvalue weighted by Gasteiger charge is -2.12. The molecule has 0 spiro atoms. The molecule has 0 bridgehead atoms. The second kappa shape index (κ2) is 8.08. The molecule has 0 unspecified atom stereocenters. The number of hydrogen-bond acceptors (Lipinski definition) is 9. The maximum Gasteiger partial charge on any atom is 0.358 e. The number of nitriles is 1. The van der Waals surface area contributed by atoms with Crippen LogP contribution in [0.2, 0.25) is 0 Å². The topological polar surface area (TPSA) is 128 Å². The SMILES string of the molecule is COC(=O)c1ccc(Nc2c(C#N)cnn2-c2cc(C)c3cccc(OC)c3n2)nn1. The fourth-order valence-corrected chi connectivity index (χ4v) is 3.11. The number of esters is 1. The van der Waals surface area contributed by atoms with E-state index in [1.165, 1.54) is 24.1 Å². The number of pyridine rings is 1. The summed E-state index contributed by atoms with van der Waals surface area (Å²) in [4.78, 5) is 16.3. The fraction of sp³-hybridized carbons (Fsp3) is 0.143. The summed E-state index contributed by atoms with van der Waals surface area (Å²) in [5.41, 5.74) is 2.02. The molecule has 0 aliphatic carbocycles. The van der Waals surface area contributed by atoms with E-state index < -0.39 is 5.97 Å². The van der Waals surface area contributed by atoms with Crippen LogP contribution in [0.25, 0.3) is 16.7 Å². The van der Waals surface area contributed by atoms with Crippen molar-refractivity contribution in [3.05, 3.63) is 59.4 Å². The van der Waals surface area contributed by atoms with Gasteiger partial charge in [-0.3, -0.25) is 0 Å². The van der Waals surface area contributed by atoms with E-state index >= 15 is 0 Å². The van der Waals surface area contributed by atoms with Crippen molar-refractivity contribution in [2.45, 2.75) is 6.92 Å². The Morgan fingerprint density at radius 3 is 2.71 bits per heavy atom. The lowest BCUT2D eigenvalue weighted by molar-refractivity contribution is 0.0593. The van der Waals surface area contributed by atoms with Crippen LogP contribution >= 0.6 is 0 Å². The first kappa shape index (κ1) is 19.8. The molecule has 4 aromatic rings. The number of benzene rings is 1. The highest BCUT2D eigenvalue weighted by atomic mass is 16.5. The number of rotatable bonds is 5. The number of hydrogen-bond donors (Lipinski definition) is 1. The van der Waals surface area contributed by atoms with Crippen molar-refractivity contribution in [1.82, 2.24) is 25.0 Å². The Labute approximate surface area is 177 Å². The number of anilines is 2. The Balaban J connectivity index is 1.79. The van der Waals surface area contributed by atoms with Gasteiger partial charge in [0.15, 0.2) is 23.1 Å². The molecule has 0 saturated carbocycles. The number of carbonyl (C=O) groups is 1. The Kier molecular flexibility index (Phi) is 5.15. The molecule has 0 aliphatic rings. The van der Waals surface area contributed by atoms with Gasteiger partial charge in [0.25, 0.3) is 0 Å². The van der Waals surface area contributed by atoms with E-state index in [2.05, 4.69) is 31.4 Å². The lowest BCUT2D eigenvalue weighted by Crippen LogP contribution is -2.09. The number of nitrogens with zero attached hydrogens (tertiary/aromatic N) is 6. The van der Waals surface area contributed by atoms with E-state index in [4.69, 9.17) is 9.72 Å². The van der Waals surface area contributed by atoms with Crippen LogP contribution < -0.4 is 10.1 Å². The van der Waals surface area contributed by atoms with Crippen LogP contribution in [0.4, 0.5) is 11.6 Å². The van der Waals surface area contributed by atoms with E-state index in [1.54, 1.807) is 13.2 Å². The second-order valence-corrected chi connectivity index (χ2v) is 6.50. The van der Waals surface area contributed by atoms with Crippen LogP contribution in [0.1, 0.15) is 21.6 Å². The number of para-hydroxylation sites is 1. The smallest absolute Gasteiger partial charge is 0.358 e. The minimum atomic E-state index is -0.591. The maximum absolute atomic E-state index is 11.6. The summed E-state index contributed by atoms with van der Waals surface area (Å²) in [5, 5.41) is 25.6. The molecular formula is C21H17N7O3. The number of fused-ring (bicyclic) bond motifs is 1. The third kappa shape index (κ3) is 3.60. The van der Waals surface area contributed by atoms with Crippen LogP contribution in [0, 0.1) is 18.3 Å². The van der Waals surface area contributed by atoms with E-state index in [-0.39, 0.29) is 5.69 Å². The Morgan fingerprint density at radius 2 is 2.03 bits per heavy atom. The standard InChI is InChI=1S/C21H17N7O3/c1-12-9-18(25-19-14(12)5-4-6-16(19)30-2)28-20(13(10-22)11-23-28)24-17-8-7-15(26-27-17)21(29)31-3/h4-9,11H,1-3H3,(H,24,27). The third-order valence-electron chi connectivity index (χ3n) is 4.63. The molecule has 0 aliphatic heterocycles. The molecule has 0 amide bonds. The molecule has 10 nitrogen and oxygen atoms in total. The summed E-state index contributed by atoms with van der Waals surface area (Å²) in [6.07, 6.45) is 1.43. The molecule has 4 rings (SSSR count). The van der Waals surface area contributed by atoms with Crippen LogP contribution in [-0.2, 0) is 4.74 Å². The largest absolute Gasteiger partial charge is 0.494 e. The molecule has 1 N–H and O–H groups in total. The summed E-state index contributed by atoms with van der Waals surface area (Å²) < 4.78 is 11.6. The number of ether oxygens (including phenoxy) is 2. The molecule has 1 aromatic carbocycles. The predicted octanol–water partition coefficient (Wildman–Crippen LogP) is 2.93. The van der Waals surface area contributed by atoms with Gasteiger partial charge in [-0.05, 0) is 36.8 Å². The monoisotopic (exact) mass is 415 g/mol. The highest BCUT2D eigenvalue weighted by Gasteiger charge is 2.17. The highest BCUT2D eigenvalue weighted by molar-refractivity contribution is 5.88. The molecule has 3 aromatic heterocycles. The quantitative estimate of drug-likeness (QED) is 0.489. The Bertz CT molecular complexity index is 1320. The van der Waals surface area contributed by atoms with Gasteiger partial charge in [0, 0.05) is 5.39 Å². The van der Waals surface area contributed by atoms with Crippen LogP contribution in [0.3, 0.4) is 0 Å². The molecule has 10 heteroatoms. The van der Waals surface area contributed by atoms with Gasteiger partial charge < -0.3 is 14.8 Å². The van der Waals surface area contributed by atoms with Crippen molar-refractivity contribution in [3.8, 4) is 17.6 Å². The zero-order valence-corrected chi connectivity index (χ0v) is 16.9. The first-order valence-corrected chi connectivity index (χ1v) is 9.17. The van der Waals surface area contributed by atoms with Crippen LogP contribution in [0.15, 0.2) is 42.6 Å². The molecule has 3 heterocycles. The van der Waals surface area contributed by atoms with Crippen molar-refractivity contribution < 1.29 is 14.3 Å². The number of nitrogens with one attached hydrogen (secondary N) is 1. The van der Waals surface area contributed by atoms with E-state index in [0.717, 1.165) is 10.9 Å². The van der Waals surface area contributed by atoms with Gasteiger partial charge in [-0.2, -0.15) is 15.0 Å².